The van der Waals surface area contributed by atoms with Gasteiger partial charge in [-0.2, -0.15) is 0 Å². The molecule has 1 atom stereocenters. The molecule has 160 valence electrons. The average Bonchev–Trinajstić information content (AvgIpc) is 3.23. The van der Waals surface area contributed by atoms with Crippen LogP contribution in [0.4, 0.5) is 0 Å². The minimum Gasteiger partial charge on any atom is -0.379 e. The highest BCUT2D eigenvalue weighted by molar-refractivity contribution is 14.0. The van der Waals surface area contributed by atoms with Crippen LogP contribution in [-0.4, -0.2) is 57.3 Å². The molecule has 5 nitrogen and oxygen atoms in total. The van der Waals surface area contributed by atoms with E-state index in [0.29, 0.717) is 6.04 Å². The number of benzene rings is 1. The Balaban J connectivity index is 0.00000300. The van der Waals surface area contributed by atoms with Gasteiger partial charge in [0.2, 0.25) is 0 Å². The van der Waals surface area contributed by atoms with E-state index in [9.17, 15) is 0 Å². The maximum absolute atomic E-state index is 5.53. The summed E-state index contributed by atoms with van der Waals surface area (Å²) in [5.74, 6) is 0.861. The molecular weight excluding hydrogens is 495 g/mol. The molecule has 1 aromatic heterocycles. The molecule has 2 N–H and O–H groups in total. The quantitative estimate of drug-likeness (QED) is 0.327. The van der Waals surface area contributed by atoms with E-state index in [1.54, 1.807) is 0 Å². The molecule has 1 saturated heterocycles. The Kier molecular flexibility index (Phi) is 10.4. The first-order chi connectivity index (χ1) is 13.7. The van der Waals surface area contributed by atoms with Crippen molar-refractivity contribution in [3.63, 3.8) is 0 Å². The number of morpholine rings is 1. The monoisotopic (exact) mass is 528 g/mol. The van der Waals surface area contributed by atoms with Crippen molar-refractivity contribution in [1.82, 2.24) is 15.5 Å². The molecule has 0 bridgehead atoms. The third-order valence-corrected chi connectivity index (χ3v) is 6.20. The van der Waals surface area contributed by atoms with Gasteiger partial charge in [0.25, 0.3) is 0 Å². The molecule has 0 aliphatic carbocycles. The van der Waals surface area contributed by atoms with E-state index in [-0.39, 0.29) is 24.0 Å². The zero-order valence-corrected chi connectivity index (χ0v) is 20.8. The minimum atomic E-state index is 0. The summed E-state index contributed by atoms with van der Waals surface area (Å²) in [4.78, 5) is 8.30. The van der Waals surface area contributed by atoms with Gasteiger partial charge in [0.05, 0.1) is 19.3 Å². The Hall–Kier alpha value is -1.16. The van der Waals surface area contributed by atoms with Crippen LogP contribution in [0.15, 0.2) is 40.7 Å². The van der Waals surface area contributed by atoms with Crippen molar-refractivity contribution in [2.75, 3.05) is 46.4 Å². The fraction of sp³-hybridized carbons (Fsp3) is 0.500. The lowest BCUT2D eigenvalue weighted by molar-refractivity contribution is 0.0177. The number of hydrogen-bond acceptors (Lipinski definition) is 4. The number of nitrogens with one attached hydrogen (secondary N) is 2. The summed E-state index contributed by atoms with van der Waals surface area (Å²) in [6.07, 6.45) is 0.991. The van der Waals surface area contributed by atoms with Crippen molar-refractivity contribution in [1.29, 1.82) is 0 Å². The van der Waals surface area contributed by atoms with Gasteiger partial charge in [0.15, 0.2) is 5.96 Å². The molecule has 0 radical (unpaired) electrons. The molecule has 0 amide bonds. The van der Waals surface area contributed by atoms with Gasteiger partial charge in [0, 0.05) is 38.1 Å². The second-order valence-corrected chi connectivity index (χ2v) is 8.22. The number of thiophene rings is 1. The first-order valence-electron chi connectivity index (χ1n) is 10.0. The smallest absolute Gasteiger partial charge is 0.191 e. The Bertz CT molecular complexity index is 760. The summed E-state index contributed by atoms with van der Waals surface area (Å²) in [5.41, 5.74) is 4.06. The standard InChI is InChI=1S/C22H32N4OS.HI/c1-17-6-7-19(18(2)15-17)8-9-24-22(23-3)25-16-20(21-5-4-14-28-21)26-10-12-27-13-11-26;/h4-7,14-15,20H,8-13,16H2,1-3H3,(H2,23,24,25);1H. The Labute approximate surface area is 196 Å². The van der Waals surface area contributed by atoms with Crippen molar-refractivity contribution in [2.24, 2.45) is 4.99 Å². The molecule has 1 fully saturated rings. The summed E-state index contributed by atoms with van der Waals surface area (Å²) in [5, 5.41) is 9.14. The average molecular weight is 529 g/mol. The fourth-order valence-electron chi connectivity index (χ4n) is 3.64. The molecule has 1 aliphatic heterocycles. The molecule has 1 aliphatic rings. The summed E-state index contributed by atoms with van der Waals surface area (Å²) in [6.45, 7) is 9.60. The van der Waals surface area contributed by atoms with Crippen LogP contribution in [0.2, 0.25) is 0 Å². The molecule has 7 heteroatoms. The highest BCUT2D eigenvalue weighted by Gasteiger charge is 2.23. The topological polar surface area (TPSA) is 48.9 Å². The lowest BCUT2D eigenvalue weighted by Crippen LogP contribution is -2.46. The molecule has 2 aromatic rings. The van der Waals surface area contributed by atoms with Gasteiger partial charge in [-0.25, -0.2) is 0 Å². The fourth-order valence-corrected chi connectivity index (χ4v) is 4.50. The van der Waals surface area contributed by atoms with Crippen molar-refractivity contribution in [2.45, 2.75) is 26.3 Å². The van der Waals surface area contributed by atoms with Crippen LogP contribution in [0.25, 0.3) is 0 Å². The predicted octanol–water partition coefficient (Wildman–Crippen LogP) is 3.76. The summed E-state index contributed by atoms with van der Waals surface area (Å²) >= 11 is 1.82. The minimum absolute atomic E-state index is 0. The Morgan fingerprint density at radius 2 is 2.00 bits per heavy atom. The first kappa shape index (κ1) is 24.1. The number of halogens is 1. The largest absolute Gasteiger partial charge is 0.379 e. The van der Waals surface area contributed by atoms with E-state index in [1.807, 2.05) is 18.4 Å². The maximum Gasteiger partial charge on any atom is 0.191 e. The van der Waals surface area contributed by atoms with Crippen molar-refractivity contribution in [3.8, 4) is 0 Å². The molecular formula is C22H33IN4OS. The third-order valence-electron chi connectivity index (χ3n) is 5.23. The zero-order valence-electron chi connectivity index (χ0n) is 17.6. The third kappa shape index (κ3) is 7.24. The van der Waals surface area contributed by atoms with Crippen LogP contribution in [0.1, 0.15) is 27.6 Å². The number of aliphatic imine (C=N–C) groups is 1. The van der Waals surface area contributed by atoms with Crippen LogP contribution in [-0.2, 0) is 11.2 Å². The number of hydrogen-bond donors (Lipinski definition) is 2. The summed E-state index contributed by atoms with van der Waals surface area (Å²) in [7, 11) is 1.83. The summed E-state index contributed by atoms with van der Waals surface area (Å²) < 4.78 is 5.53. The number of ether oxygens (including phenoxy) is 1. The van der Waals surface area contributed by atoms with Gasteiger partial charge >= 0.3 is 0 Å². The van der Waals surface area contributed by atoms with Crippen molar-refractivity contribution in [3.05, 3.63) is 57.3 Å². The highest BCUT2D eigenvalue weighted by Crippen LogP contribution is 2.25. The van der Waals surface area contributed by atoms with E-state index in [0.717, 1.165) is 51.8 Å². The van der Waals surface area contributed by atoms with Gasteiger partial charge < -0.3 is 15.4 Å². The normalized spacial score (nSPS) is 16.2. The Morgan fingerprint density at radius 3 is 2.66 bits per heavy atom. The molecule has 29 heavy (non-hydrogen) atoms. The van der Waals surface area contributed by atoms with Crippen LogP contribution >= 0.6 is 35.3 Å². The number of aryl methyl sites for hydroxylation is 2. The summed E-state index contributed by atoms with van der Waals surface area (Å²) in [6, 6.07) is 11.4. The zero-order chi connectivity index (χ0) is 19.8. The predicted molar refractivity (Wildman–Crippen MR) is 134 cm³/mol. The van der Waals surface area contributed by atoms with Gasteiger partial charge in [0.1, 0.15) is 0 Å². The second kappa shape index (κ2) is 12.5. The Morgan fingerprint density at radius 1 is 1.21 bits per heavy atom. The van der Waals surface area contributed by atoms with Crippen molar-refractivity contribution >= 4 is 41.3 Å². The van der Waals surface area contributed by atoms with Crippen LogP contribution < -0.4 is 10.6 Å². The van der Waals surface area contributed by atoms with Gasteiger partial charge in [-0.3, -0.25) is 9.89 Å². The van der Waals surface area contributed by atoms with Crippen LogP contribution in [0.5, 0.6) is 0 Å². The van der Waals surface area contributed by atoms with Gasteiger partial charge in [-0.1, -0.05) is 29.8 Å². The molecule has 1 unspecified atom stereocenters. The van der Waals surface area contributed by atoms with Crippen LogP contribution in [0.3, 0.4) is 0 Å². The maximum atomic E-state index is 5.53. The first-order valence-corrected chi connectivity index (χ1v) is 10.9. The molecule has 2 heterocycles. The van der Waals surface area contributed by atoms with Crippen molar-refractivity contribution < 1.29 is 4.74 Å². The number of guanidine groups is 1. The molecule has 0 saturated carbocycles. The number of nitrogens with zero attached hydrogens (tertiary/aromatic N) is 2. The van der Waals surface area contributed by atoms with Crippen LogP contribution in [0, 0.1) is 13.8 Å². The molecule has 0 spiro atoms. The molecule has 3 rings (SSSR count). The second-order valence-electron chi connectivity index (χ2n) is 7.24. The lowest BCUT2D eigenvalue weighted by atomic mass is 10.0. The van der Waals surface area contributed by atoms with Gasteiger partial charge in [-0.05, 0) is 42.8 Å². The van der Waals surface area contributed by atoms with E-state index < -0.39 is 0 Å². The van der Waals surface area contributed by atoms with E-state index in [4.69, 9.17) is 4.74 Å². The molecule has 1 aromatic carbocycles. The SMILES string of the molecule is CN=C(NCCc1ccc(C)cc1C)NCC(c1cccs1)N1CCOCC1.I. The van der Waals surface area contributed by atoms with Gasteiger partial charge in [-0.15, -0.1) is 35.3 Å². The lowest BCUT2D eigenvalue weighted by Gasteiger charge is -2.34. The van der Waals surface area contributed by atoms with E-state index in [1.165, 1.54) is 21.6 Å². The number of rotatable bonds is 7. The highest BCUT2D eigenvalue weighted by atomic mass is 127. The van der Waals surface area contributed by atoms with E-state index in [2.05, 4.69) is 70.1 Å². The van der Waals surface area contributed by atoms with E-state index >= 15 is 0 Å².